The van der Waals surface area contributed by atoms with Crippen LogP contribution in [0.15, 0.2) is 77.7 Å². The summed E-state index contributed by atoms with van der Waals surface area (Å²) in [6.45, 7) is 6.04. The third-order valence-corrected chi connectivity index (χ3v) is 9.27. The number of hydrogen-bond acceptors (Lipinski definition) is 7. The molecule has 1 heterocycles. The van der Waals surface area contributed by atoms with Gasteiger partial charge in [0.1, 0.15) is 23.4 Å². The monoisotopic (exact) mass is 614 g/mol. The zero-order chi connectivity index (χ0) is 31.2. The molecule has 0 radical (unpaired) electrons. The molecule has 43 heavy (non-hydrogen) atoms. The van der Waals surface area contributed by atoms with Crippen molar-refractivity contribution < 1.29 is 36.9 Å². The average Bonchev–Trinajstić information content (AvgIpc) is 3.50. The molecule has 9 nitrogen and oxygen atoms in total. The normalized spacial score (nSPS) is 17.4. The molecule has 0 unspecified atom stereocenters. The molecule has 4 rings (SSSR count). The van der Waals surface area contributed by atoms with Gasteiger partial charge in [0.2, 0.25) is 10.0 Å². The van der Waals surface area contributed by atoms with Crippen molar-refractivity contribution in [3.05, 3.63) is 89.7 Å². The second kappa shape index (κ2) is 13.9. The van der Waals surface area contributed by atoms with E-state index in [1.165, 1.54) is 29.6 Å². The number of carbonyl (C=O) groups is 1. The van der Waals surface area contributed by atoms with Gasteiger partial charge in [-0.2, -0.15) is 4.31 Å². The van der Waals surface area contributed by atoms with Gasteiger partial charge in [0.25, 0.3) is 5.91 Å². The quantitative estimate of drug-likeness (QED) is 0.294. The molecule has 3 atom stereocenters. The summed E-state index contributed by atoms with van der Waals surface area (Å²) < 4.78 is 59.4. The standard InChI is InChI=1S/C32H39FN2O7S/c1-22(2)19-35(43(38,39)27-13-11-25(40-4)12-14-27)20-30(36)32(3,23-8-6-5-7-9-23)34-31(37)28-15-10-24(33)18-29(28)42-26-16-17-41-21-26/h5-15,18,22,26,30,36H,16-17,19-21H2,1-4H3,(H,34,37)/t26-,30+,32-/m0/s1. The summed E-state index contributed by atoms with van der Waals surface area (Å²) in [5, 5.41) is 14.7. The second-order valence-electron chi connectivity index (χ2n) is 11.2. The maximum Gasteiger partial charge on any atom is 0.255 e. The summed E-state index contributed by atoms with van der Waals surface area (Å²) >= 11 is 0. The van der Waals surface area contributed by atoms with Gasteiger partial charge in [0.05, 0.1) is 42.4 Å². The molecule has 3 aromatic carbocycles. The fraction of sp³-hybridized carbons (Fsp3) is 0.406. The third-order valence-electron chi connectivity index (χ3n) is 7.43. The zero-order valence-electron chi connectivity index (χ0n) is 24.8. The maximum atomic E-state index is 14.2. The largest absolute Gasteiger partial charge is 0.497 e. The lowest BCUT2D eigenvalue weighted by Crippen LogP contribution is -2.56. The smallest absolute Gasteiger partial charge is 0.255 e. The van der Waals surface area contributed by atoms with E-state index in [0.717, 1.165) is 12.1 Å². The van der Waals surface area contributed by atoms with Crippen LogP contribution in [0.3, 0.4) is 0 Å². The number of aliphatic hydroxyl groups is 1. The Kier molecular flexibility index (Phi) is 10.4. The number of amides is 1. The first-order chi connectivity index (χ1) is 20.4. The average molecular weight is 615 g/mol. The van der Waals surface area contributed by atoms with Gasteiger partial charge in [-0.25, -0.2) is 12.8 Å². The topological polar surface area (TPSA) is 114 Å². The molecule has 3 aromatic rings. The Bertz CT molecular complexity index is 1480. The molecular formula is C32H39FN2O7S. The van der Waals surface area contributed by atoms with Crippen LogP contribution in [0.25, 0.3) is 0 Å². The van der Waals surface area contributed by atoms with Gasteiger partial charge in [-0.15, -0.1) is 0 Å². The second-order valence-corrected chi connectivity index (χ2v) is 13.1. The van der Waals surface area contributed by atoms with Gasteiger partial charge >= 0.3 is 0 Å². The first kappa shape index (κ1) is 32.4. The molecule has 0 aromatic heterocycles. The highest BCUT2D eigenvalue weighted by molar-refractivity contribution is 7.89. The van der Waals surface area contributed by atoms with Crippen molar-refractivity contribution in [2.24, 2.45) is 5.92 Å². The predicted octanol–water partition coefficient (Wildman–Crippen LogP) is 4.36. The number of nitrogens with zero attached hydrogens (tertiary/aromatic N) is 1. The minimum Gasteiger partial charge on any atom is -0.497 e. The van der Waals surface area contributed by atoms with Crippen molar-refractivity contribution in [2.75, 3.05) is 33.4 Å². The van der Waals surface area contributed by atoms with Gasteiger partial charge in [-0.3, -0.25) is 4.79 Å². The highest BCUT2D eigenvalue weighted by atomic mass is 32.2. The first-order valence-electron chi connectivity index (χ1n) is 14.2. The predicted molar refractivity (Wildman–Crippen MR) is 160 cm³/mol. The Labute approximate surface area is 252 Å². The van der Waals surface area contributed by atoms with Crippen LogP contribution in [-0.4, -0.2) is 69.4 Å². The number of sulfonamides is 1. The fourth-order valence-electron chi connectivity index (χ4n) is 4.95. The molecule has 2 N–H and O–H groups in total. The molecule has 1 saturated heterocycles. The third kappa shape index (κ3) is 7.72. The molecule has 0 aliphatic carbocycles. The van der Waals surface area contributed by atoms with Gasteiger partial charge in [0, 0.05) is 25.6 Å². The minimum absolute atomic E-state index is 0.0515. The summed E-state index contributed by atoms with van der Waals surface area (Å²) in [6, 6.07) is 18.5. The van der Waals surface area contributed by atoms with E-state index in [9.17, 15) is 22.7 Å². The number of hydrogen-bond donors (Lipinski definition) is 2. The molecule has 0 spiro atoms. The highest BCUT2D eigenvalue weighted by Gasteiger charge is 2.40. The SMILES string of the molecule is COc1ccc(S(=O)(=O)N(CC(C)C)C[C@@H](O)[C@@](C)(NC(=O)c2ccc(F)cc2O[C@H]2CCOC2)c2ccccc2)cc1. The number of carbonyl (C=O) groups excluding carboxylic acids is 1. The molecular weight excluding hydrogens is 575 g/mol. The van der Waals surface area contributed by atoms with Gasteiger partial charge < -0.3 is 24.6 Å². The van der Waals surface area contributed by atoms with Crippen LogP contribution in [0.5, 0.6) is 11.5 Å². The Morgan fingerprint density at radius 3 is 2.42 bits per heavy atom. The van der Waals surface area contributed by atoms with Gasteiger partial charge in [-0.1, -0.05) is 44.2 Å². The summed E-state index contributed by atoms with van der Waals surface area (Å²) in [7, 11) is -2.54. The molecule has 1 amide bonds. The molecule has 0 saturated carbocycles. The highest BCUT2D eigenvalue weighted by Crippen LogP contribution is 2.31. The molecule has 1 aliphatic rings. The number of methoxy groups -OCH3 is 1. The number of aliphatic hydroxyl groups excluding tert-OH is 1. The molecule has 1 aliphatic heterocycles. The molecule has 11 heteroatoms. The number of benzene rings is 3. The van der Waals surface area contributed by atoms with E-state index in [2.05, 4.69) is 5.32 Å². The number of ether oxygens (including phenoxy) is 3. The van der Waals surface area contributed by atoms with E-state index in [1.54, 1.807) is 49.4 Å². The van der Waals surface area contributed by atoms with Crippen LogP contribution in [0.4, 0.5) is 4.39 Å². The maximum absolute atomic E-state index is 14.2. The van der Waals surface area contributed by atoms with Crippen molar-refractivity contribution >= 4 is 15.9 Å². The molecule has 1 fully saturated rings. The first-order valence-corrected chi connectivity index (χ1v) is 15.6. The lowest BCUT2D eigenvalue weighted by Gasteiger charge is -2.38. The van der Waals surface area contributed by atoms with E-state index in [4.69, 9.17) is 14.2 Å². The van der Waals surface area contributed by atoms with Crippen molar-refractivity contribution in [3.63, 3.8) is 0 Å². The number of rotatable bonds is 13. The Balaban J connectivity index is 1.67. The van der Waals surface area contributed by atoms with Crippen LogP contribution in [0, 0.1) is 11.7 Å². The van der Waals surface area contributed by atoms with Crippen molar-refractivity contribution in [1.29, 1.82) is 0 Å². The van der Waals surface area contributed by atoms with Crippen molar-refractivity contribution in [2.45, 2.75) is 49.8 Å². The summed E-state index contributed by atoms with van der Waals surface area (Å²) in [4.78, 5) is 13.8. The summed E-state index contributed by atoms with van der Waals surface area (Å²) in [5.74, 6) is -0.673. The molecule has 232 valence electrons. The zero-order valence-corrected chi connectivity index (χ0v) is 25.6. The van der Waals surface area contributed by atoms with E-state index in [1.807, 2.05) is 13.8 Å². The Hall–Kier alpha value is -3.51. The van der Waals surface area contributed by atoms with Crippen LogP contribution in [-0.2, 0) is 20.3 Å². The van der Waals surface area contributed by atoms with Gasteiger partial charge in [0.15, 0.2) is 0 Å². The number of nitrogens with one attached hydrogen (secondary N) is 1. The Morgan fingerprint density at radius 2 is 1.81 bits per heavy atom. The van der Waals surface area contributed by atoms with Crippen LogP contribution in [0.2, 0.25) is 0 Å². The Morgan fingerprint density at radius 1 is 1.12 bits per heavy atom. The fourth-order valence-corrected chi connectivity index (χ4v) is 6.56. The van der Waals surface area contributed by atoms with Crippen molar-refractivity contribution in [3.8, 4) is 11.5 Å². The lowest BCUT2D eigenvalue weighted by atomic mass is 9.85. The van der Waals surface area contributed by atoms with Crippen LogP contribution < -0.4 is 14.8 Å². The minimum atomic E-state index is -4.03. The van der Waals surface area contributed by atoms with Crippen LogP contribution >= 0.6 is 0 Å². The molecule has 0 bridgehead atoms. The lowest BCUT2D eigenvalue weighted by molar-refractivity contribution is 0.0437. The van der Waals surface area contributed by atoms with E-state index >= 15 is 0 Å². The summed E-state index contributed by atoms with van der Waals surface area (Å²) in [6.07, 6.45) is -1.11. The number of halogens is 1. The summed E-state index contributed by atoms with van der Waals surface area (Å²) in [5.41, 5.74) is -0.825. The van der Waals surface area contributed by atoms with E-state index < -0.39 is 33.4 Å². The van der Waals surface area contributed by atoms with Gasteiger partial charge in [-0.05, 0) is 54.8 Å². The van der Waals surface area contributed by atoms with Crippen molar-refractivity contribution in [1.82, 2.24) is 9.62 Å². The van der Waals surface area contributed by atoms with E-state index in [-0.39, 0.29) is 41.3 Å². The van der Waals surface area contributed by atoms with E-state index in [0.29, 0.717) is 30.9 Å². The van der Waals surface area contributed by atoms with Crippen LogP contribution in [0.1, 0.15) is 43.1 Å².